The Bertz CT molecular complexity index is 231. The second kappa shape index (κ2) is 8.44. The summed E-state index contributed by atoms with van der Waals surface area (Å²) in [7, 11) is 0. The number of hydrogen-bond donors (Lipinski definition) is 2. The molecule has 0 fully saturated rings. The number of amides is 1. The molecule has 4 nitrogen and oxygen atoms in total. The van der Waals surface area contributed by atoms with Crippen molar-refractivity contribution in [3.05, 3.63) is 0 Å². The first-order valence-corrected chi connectivity index (χ1v) is 6.89. The number of thioether (sulfide) groups is 1. The third kappa shape index (κ3) is 6.71. The Kier molecular flexibility index (Phi) is 8.07. The lowest BCUT2D eigenvalue weighted by Crippen LogP contribution is -2.44. The third-order valence-corrected chi connectivity index (χ3v) is 2.95. The van der Waals surface area contributed by atoms with Gasteiger partial charge in [0, 0.05) is 6.42 Å². The van der Waals surface area contributed by atoms with Crippen LogP contribution in [0.1, 0.15) is 33.1 Å². The number of carboxylic acid groups (broad SMARTS) is 1. The summed E-state index contributed by atoms with van der Waals surface area (Å²) in [6, 6.07) is -0.770. The Hall–Kier alpha value is -0.710. The Morgan fingerprint density at radius 2 is 1.94 bits per heavy atom. The summed E-state index contributed by atoms with van der Waals surface area (Å²) in [5.74, 6) is -0.179. The van der Waals surface area contributed by atoms with Crippen molar-refractivity contribution in [1.29, 1.82) is 0 Å². The van der Waals surface area contributed by atoms with Gasteiger partial charge in [-0.25, -0.2) is 4.79 Å². The third-order valence-electron chi connectivity index (χ3n) is 2.25. The van der Waals surface area contributed by atoms with E-state index in [1.165, 1.54) is 0 Å². The van der Waals surface area contributed by atoms with Gasteiger partial charge in [0.15, 0.2) is 0 Å². The van der Waals surface area contributed by atoms with Crippen molar-refractivity contribution >= 4 is 23.6 Å². The number of rotatable bonds is 8. The van der Waals surface area contributed by atoms with Gasteiger partial charge in [0.05, 0.1) is 0 Å². The van der Waals surface area contributed by atoms with Crippen LogP contribution in [0.25, 0.3) is 0 Å². The molecule has 0 aliphatic rings. The lowest BCUT2D eigenvalue weighted by Gasteiger charge is -2.17. The van der Waals surface area contributed by atoms with Gasteiger partial charge in [0.2, 0.25) is 5.91 Å². The maximum absolute atomic E-state index is 11.4. The van der Waals surface area contributed by atoms with Crippen molar-refractivity contribution in [2.75, 3.05) is 12.0 Å². The topological polar surface area (TPSA) is 66.4 Å². The number of unbranched alkanes of at least 4 members (excludes halogenated alkanes) is 1. The summed E-state index contributed by atoms with van der Waals surface area (Å²) in [6.07, 6.45) is 4.25. The first kappa shape index (κ1) is 15.3. The van der Waals surface area contributed by atoms with E-state index < -0.39 is 12.0 Å². The van der Waals surface area contributed by atoms with Crippen LogP contribution in [-0.2, 0) is 9.59 Å². The normalized spacial score (nSPS) is 12.5. The molecule has 0 aromatic heterocycles. The minimum Gasteiger partial charge on any atom is -0.480 e. The molecule has 5 heteroatoms. The SMILES string of the molecule is CSCCCCC(=O)N[C@H](C(=O)O)C(C)C. The molecule has 0 rings (SSSR count). The van der Waals surface area contributed by atoms with Crippen molar-refractivity contribution in [3.8, 4) is 0 Å². The van der Waals surface area contributed by atoms with Crippen LogP contribution in [-0.4, -0.2) is 35.0 Å². The van der Waals surface area contributed by atoms with E-state index in [1.54, 1.807) is 25.6 Å². The minimum atomic E-state index is -0.965. The van der Waals surface area contributed by atoms with Gasteiger partial charge in [-0.2, -0.15) is 11.8 Å². The number of carboxylic acids is 1. The molecule has 0 saturated carbocycles. The summed E-state index contributed by atoms with van der Waals surface area (Å²) >= 11 is 1.75. The van der Waals surface area contributed by atoms with Crippen molar-refractivity contribution in [2.24, 2.45) is 5.92 Å². The zero-order chi connectivity index (χ0) is 12.6. The number of aliphatic carboxylic acids is 1. The van der Waals surface area contributed by atoms with Gasteiger partial charge in [0.1, 0.15) is 6.04 Å². The van der Waals surface area contributed by atoms with Crippen LogP contribution in [0, 0.1) is 5.92 Å². The van der Waals surface area contributed by atoms with Crippen LogP contribution in [0.15, 0.2) is 0 Å². The van der Waals surface area contributed by atoms with Gasteiger partial charge < -0.3 is 10.4 Å². The van der Waals surface area contributed by atoms with Crippen LogP contribution in [0.2, 0.25) is 0 Å². The molecule has 0 aliphatic heterocycles. The molecule has 16 heavy (non-hydrogen) atoms. The largest absolute Gasteiger partial charge is 0.480 e. The first-order chi connectivity index (χ1) is 7.49. The monoisotopic (exact) mass is 247 g/mol. The van der Waals surface area contributed by atoms with E-state index in [9.17, 15) is 9.59 Å². The Morgan fingerprint density at radius 3 is 2.38 bits per heavy atom. The van der Waals surface area contributed by atoms with Crippen LogP contribution >= 0.6 is 11.8 Å². The number of carbonyl (C=O) groups is 2. The lowest BCUT2D eigenvalue weighted by molar-refractivity contribution is -0.143. The first-order valence-electron chi connectivity index (χ1n) is 5.50. The highest BCUT2D eigenvalue weighted by molar-refractivity contribution is 7.98. The van der Waals surface area contributed by atoms with E-state index in [4.69, 9.17) is 5.11 Å². The zero-order valence-electron chi connectivity index (χ0n) is 10.2. The van der Waals surface area contributed by atoms with E-state index in [1.807, 2.05) is 6.26 Å². The standard InChI is InChI=1S/C11H21NO3S/c1-8(2)10(11(14)15)12-9(13)6-4-5-7-16-3/h8,10H,4-7H2,1-3H3,(H,12,13)(H,14,15)/t10-/m0/s1. The molecule has 1 amide bonds. The van der Waals surface area contributed by atoms with Crippen LogP contribution in [0.5, 0.6) is 0 Å². The molecule has 94 valence electrons. The van der Waals surface area contributed by atoms with Crippen LogP contribution < -0.4 is 5.32 Å². The highest BCUT2D eigenvalue weighted by Crippen LogP contribution is 2.05. The molecule has 2 N–H and O–H groups in total. The highest BCUT2D eigenvalue weighted by Gasteiger charge is 2.22. The van der Waals surface area contributed by atoms with Crippen molar-refractivity contribution < 1.29 is 14.7 Å². The fourth-order valence-corrected chi connectivity index (χ4v) is 1.78. The molecule has 0 saturated heterocycles. The summed E-state index contributed by atoms with van der Waals surface area (Å²) in [5, 5.41) is 11.4. The second-order valence-corrected chi connectivity index (χ2v) is 5.06. The fourth-order valence-electron chi connectivity index (χ4n) is 1.29. The van der Waals surface area contributed by atoms with Gasteiger partial charge >= 0.3 is 5.97 Å². The molecule has 0 aromatic rings. The number of hydrogen-bond acceptors (Lipinski definition) is 3. The van der Waals surface area contributed by atoms with Crippen LogP contribution in [0.4, 0.5) is 0 Å². The van der Waals surface area contributed by atoms with Crippen molar-refractivity contribution in [2.45, 2.75) is 39.2 Å². The predicted octanol–water partition coefficient (Wildman–Crippen LogP) is 1.75. The maximum Gasteiger partial charge on any atom is 0.326 e. The van der Waals surface area contributed by atoms with Gasteiger partial charge in [-0.05, 0) is 30.8 Å². The van der Waals surface area contributed by atoms with Crippen molar-refractivity contribution in [3.63, 3.8) is 0 Å². The number of carbonyl (C=O) groups excluding carboxylic acids is 1. The lowest BCUT2D eigenvalue weighted by atomic mass is 10.0. The zero-order valence-corrected chi connectivity index (χ0v) is 11.0. The second-order valence-electron chi connectivity index (χ2n) is 4.08. The fraction of sp³-hybridized carbons (Fsp3) is 0.818. The molecule has 0 heterocycles. The average Bonchev–Trinajstić information content (AvgIpc) is 2.20. The maximum atomic E-state index is 11.4. The summed E-state index contributed by atoms with van der Waals surface area (Å²) in [5.41, 5.74) is 0. The molecular formula is C11H21NO3S. The summed E-state index contributed by atoms with van der Waals surface area (Å²) < 4.78 is 0. The summed E-state index contributed by atoms with van der Waals surface area (Å²) in [4.78, 5) is 22.3. The smallest absolute Gasteiger partial charge is 0.326 e. The molecule has 0 spiro atoms. The Morgan fingerprint density at radius 1 is 1.31 bits per heavy atom. The summed E-state index contributed by atoms with van der Waals surface area (Å²) in [6.45, 7) is 3.57. The van der Waals surface area contributed by atoms with E-state index in [0.717, 1.165) is 18.6 Å². The van der Waals surface area contributed by atoms with Gasteiger partial charge in [0.25, 0.3) is 0 Å². The highest BCUT2D eigenvalue weighted by atomic mass is 32.2. The molecule has 0 aliphatic carbocycles. The van der Waals surface area contributed by atoms with Crippen LogP contribution in [0.3, 0.4) is 0 Å². The average molecular weight is 247 g/mol. The minimum absolute atomic E-state index is 0.0901. The molecule has 0 radical (unpaired) electrons. The molecular weight excluding hydrogens is 226 g/mol. The quantitative estimate of drug-likeness (QED) is 0.641. The Balaban J connectivity index is 3.87. The van der Waals surface area contributed by atoms with E-state index in [-0.39, 0.29) is 11.8 Å². The predicted molar refractivity (Wildman–Crippen MR) is 66.6 cm³/mol. The molecule has 0 bridgehead atoms. The molecule has 1 atom stereocenters. The van der Waals surface area contributed by atoms with E-state index >= 15 is 0 Å². The molecule has 0 unspecified atom stereocenters. The van der Waals surface area contributed by atoms with Gasteiger partial charge in [-0.1, -0.05) is 13.8 Å². The van der Waals surface area contributed by atoms with Gasteiger partial charge in [-0.15, -0.1) is 0 Å². The Labute approximate surface area is 101 Å². The molecule has 0 aromatic carbocycles. The van der Waals surface area contributed by atoms with E-state index in [2.05, 4.69) is 5.32 Å². The van der Waals surface area contributed by atoms with Gasteiger partial charge in [-0.3, -0.25) is 4.79 Å². The van der Waals surface area contributed by atoms with Crippen molar-refractivity contribution in [1.82, 2.24) is 5.32 Å². The van der Waals surface area contributed by atoms with E-state index in [0.29, 0.717) is 6.42 Å². The number of nitrogens with one attached hydrogen (secondary N) is 1.